The Balaban J connectivity index is 1.79. The van der Waals surface area contributed by atoms with Crippen LogP contribution in [-0.2, 0) is 6.54 Å². The van der Waals surface area contributed by atoms with E-state index in [1.165, 1.54) is 13.3 Å². The van der Waals surface area contributed by atoms with Gasteiger partial charge in [-0.2, -0.15) is 18.9 Å². The molecule has 31 heavy (non-hydrogen) atoms. The minimum absolute atomic E-state index is 0.00290. The summed E-state index contributed by atoms with van der Waals surface area (Å²) < 4.78 is 14.9. The molecule has 0 spiro atoms. The molecular weight excluding hydrogens is 424 g/mol. The summed E-state index contributed by atoms with van der Waals surface area (Å²) in [6.07, 6.45) is 1.48. The number of nitrogens with zero attached hydrogens (tertiary/aromatic N) is 6. The highest BCUT2D eigenvalue weighted by Gasteiger charge is 2.22. The molecule has 0 saturated heterocycles. The lowest BCUT2D eigenvalue weighted by molar-refractivity contribution is -0.386. The van der Waals surface area contributed by atoms with E-state index >= 15 is 0 Å². The predicted octanol–water partition coefficient (Wildman–Crippen LogP) is 2.12. The molecule has 1 amide bonds. The topological polar surface area (TPSA) is 149 Å². The van der Waals surface area contributed by atoms with Crippen LogP contribution in [0.5, 0.6) is 5.75 Å². The van der Waals surface area contributed by atoms with Gasteiger partial charge in [0.25, 0.3) is 5.91 Å². The van der Waals surface area contributed by atoms with Crippen molar-refractivity contribution < 1.29 is 14.5 Å². The molecule has 0 aliphatic rings. The third kappa shape index (κ3) is 4.66. The largest absolute Gasteiger partial charge is 0.496 e. The Morgan fingerprint density at radius 2 is 2.16 bits per heavy atom. The van der Waals surface area contributed by atoms with Gasteiger partial charge in [-0.1, -0.05) is 0 Å². The van der Waals surface area contributed by atoms with Crippen LogP contribution in [-0.4, -0.2) is 49.7 Å². The van der Waals surface area contributed by atoms with E-state index in [4.69, 9.17) is 4.74 Å². The standard InChI is InChI=1S/C18H20N8O4S/c1-10-16(26(28)29)11(2)25(22-10)9-13-7-12(5-6-14(13)30-4)8-20-21-18(27)15-17(19-3)24-31-23-15/h5-8H,9H2,1-4H3,(H,19,24)(H,21,27). The van der Waals surface area contributed by atoms with Gasteiger partial charge in [0, 0.05) is 12.6 Å². The van der Waals surface area contributed by atoms with Gasteiger partial charge in [-0.15, -0.1) is 0 Å². The first-order chi connectivity index (χ1) is 14.8. The molecule has 0 aliphatic heterocycles. The van der Waals surface area contributed by atoms with E-state index in [9.17, 15) is 14.9 Å². The summed E-state index contributed by atoms with van der Waals surface area (Å²) in [5, 5.41) is 22.3. The Bertz CT molecular complexity index is 1150. The third-order valence-electron chi connectivity index (χ3n) is 4.47. The van der Waals surface area contributed by atoms with Crippen LogP contribution in [0.1, 0.15) is 33.0 Å². The molecule has 13 heteroatoms. The van der Waals surface area contributed by atoms with Crippen molar-refractivity contribution in [3.8, 4) is 5.75 Å². The second-order valence-electron chi connectivity index (χ2n) is 6.42. The number of amides is 1. The molecule has 2 aromatic heterocycles. The van der Waals surface area contributed by atoms with Crippen LogP contribution in [0.2, 0.25) is 0 Å². The number of benzene rings is 1. The van der Waals surface area contributed by atoms with Crippen molar-refractivity contribution in [1.29, 1.82) is 0 Å². The van der Waals surface area contributed by atoms with Crippen molar-refractivity contribution in [2.75, 3.05) is 19.5 Å². The number of aromatic nitrogens is 4. The molecule has 2 heterocycles. The third-order valence-corrected chi connectivity index (χ3v) is 5.00. The highest BCUT2D eigenvalue weighted by molar-refractivity contribution is 6.99. The number of nitrogens with one attached hydrogen (secondary N) is 2. The molecule has 0 unspecified atom stereocenters. The number of rotatable bonds is 8. The van der Waals surface area contributed by atoms with Gasteiger partial charge in [0.05, 0.1) is 36.5 Å². The quantitative estimate of drug-likeness (QED) is 0.305. The second kappa shape index (κ2) is 9.30. The molecule has 0 atom stereocenters. The zero-order chi connectivity index (χ0) is 22.5. The molecule has 162 valence electrons. The van der Waals surface area contributed by atoms with Crippen LogP contribution >= 0.6 is 11.7 Å². The van der Waals surface area contributed by atoms with Gasteiger partial charge in [-0.05, 0) is 37.6 Å². The number of carbonyl (C=O) groups is 1. The molecule has 3 aromatic rings. The van der Waals surface area contributed by atoms with E-state index in [-0.39, 0.29) is 17.9 Å². The van der Waals surface area contributed by atoms with Gasteiger partial charge in [0.2, 0.25) is 0 Å². The first-order valence-electron chi connectivity index (χ1n) is 9.04. The van der Waals surface area contributed by atoms with Gasteiger partial charge in [0.15, 0.2) is 11.5 Å². The molecule has 3 rings (SSSR count). The average Bonchev–Trinajstić information content (AvgIpc) is 3.32. The zero-order valence-electron chi connectivity index (χ0n) is 17.2. The Kier molecular flexibility index (Phi) is 6.55. The zero-order valence-corrected chi connectivity index (χ0v) is 18.1. The Hall–Kier alpha value is -3.87. The van der Waals surface area contributed by atoms with E-state index in [0.29, 0.717) is 28.5 Å². The van der Waals surface area contributed by atoms with E-state index in [1.807, 2.05) is 0 Å². The van der Waals surface area contributed by atoms with E-state index < -0.39 is 10.8 Å². The maximum Gasteiger partial charge on any atom is 0.312 e. The average molecular weight is 444 g/mol. The Morgan fingerprint density at radius 3 is 2.81 bits per heavy atom. The number of hydrogen-bond donors (Lipinski definition) is 2. The van der Waals surface area contributed by atoms with E-state index in [1.54, 1.807) is 43.8 Å². The number of nitro groups is 1. The van der Waals surface area contributed by atoms with Crippen molar-refractivity contribution in [1.82, 2.24) is 24.0 Å². The number of ether oxygens (including phenoxy) is 1. The summed E-state index contributed by atoms with van der Waals surface area (Å²) in [6, 6.07) is 5.33. The van der Waals surface area contributed by atoms with Crippen LogP contribution in [0.15, 0.2) is 23.3 Å². The number of carbonyl (C=O) groups excluding carboxylic acids is 1. The molecule has 0 radical (unpaired) electrons. The van der Waals surface area contributed by atoms with Gasteiger partial charge < -0.3 is 10.1 Å². The number of hydrazone groups is 1. The van der Waals surface area contributed by atoms with Crippen molar-refractivity contribution in [2.45, 2.75) is 20.4 Å². The smallest absolute Gasteiger partial charge is 0.312 e. The maximum absolute atomic E-state index is 12.2. The summed E-state index contributed by atoms with van der Waals surface area (Å²) in [5.41, 5.74) is 4.80. The van der Waals surface area contributed by atoms with Crippen LogP contribution in [0, 0.1) is 24.0 Å². The SMILES string of the molecule is CNc1nsnc1C(=O)NN=Cc1ccc(OC)c(Cn2nc(C)c([N+](=O)[O-])c2C)c1. The van der Waals surface area contributed by atoms with Crippen LogP contribution in [0.4, 0.5) is 11.5 Å². The monoisotopic (exact) mass is 444 g/mol. The summed E-state index contributed by atoms with van der Waals surface area (Å²) >= 11 is 0.922. The van der Waals surface area contributed by atoms with Crippen molar-refractivity contribution >= 4 is 35.4 Å². The van der Waals surface area contributed by atoms with E-state index in [0.717, 1.165) is 17.3 Å². The van der Waals surface area contributed by atoms with Crippen molar-refractivity contribution in [2.24, 2.45) is 5.10 Å². The summed E-state index contributed by atoms with van der Waals surface area (Å²) in [7, 11) is 3.19. The summed E-state index contributed by atoms with van der Waals surface area (Å²) in [6.45, 7) is 3.52. The molecular formula is C18H20N8O4S. The Labute approximate surface area is 181 Å². The highest BCUT2D eigenvalue weighted by atomic mass is 32.1. The van der Waals surface area contributed by atoms with Crippen LogP contribution < -0.4 is 15.5 Å². The number of aryl methyl sites for hydroxylation is 1. The maximum atomic E-state index is 12.2. The van der Waals surface area contributed by atoms with Gasteiger partial charge in [-0.3, -0.25) is 19.6 Å². The lowest BCUT2D eigenvalue weighted by Crippen LogP contribution is -2.19. The number of methoxy groups -OCH3 is 1. The highest BCUT2D eigenvalue weighted by Crippen LogP contribution is 2.25. The lowest BCUT2D eigenvalue weighted by atomic mass is 10.1. The second-order valence-corrected chi connectivity index (χ2v) is 6.94. The first-order valence-corrected chi connectivity index (χ1v) is 9.77. The minimum atomic E-state index is -0.488. The molecule has 0 bridgehead atoms. The van der Waals surface area contributed by atoms with Gasteiger partial charge >= 0.3 is 5.69 Å². The lowest BCUT2D eigenvalue weighted by Gasteiger charge is -2.10. The normalized spacial score (nSPS) is 11.0. The fraction of sp³-hybridized carbons (Fsp3) is 0.278. The predicted molar refractivity (Wildman–Crippen MR) is 115 cm³/mol. The van der Waals surface area contributed by atoms with Crippen LogP contribution in [0.3, 0.4) is 0 Å². The first kappa shape index (κ1) is 21.8. The minimum Gasteiger partial charge on any atom is -0.496 e. The Morgan fingerprint density at radius 1 is 1.39 bits per heavy atom. The number of anilines is 1. The van der Waals surface area contributed by atoms with Gasteiger partial charge in [-0.25, -0.2) is 5.43 Å². The fourth-order valence-electron chi connectivity index (χ4n) is 2.99. The molecule has 12 nitrogen and oxygen atoms in total. The summed E-state index contributed by atoms with van der Waals surface area (Å²) in [5.74, 6) is 0.491. The van der Waals surface area contributed by atoms with Crippen LogP contribution in [0.25, 0.3) is 0 Å². The molecule has 0 aliphatic carbocycles. The van der Waals surface area contributed by atoms with Crippen molar-refractivity contribution in [3.63, 3.8) is 0 Å². The fourth-order valence-corrected chi connectivity index (χ4v) is 3.54. The molecule has 1 aromatic carbocycles. The molecule has 0 fully saturated rings. The molecule has 2 N–H and O–H groups in total. The summed E-state index contributed by atoms with van der Waals surface area (Å²) in [4.78, 5) is 23.0. The number of hydrogen-bond acceptors (Lipinski definition) is 10. The molecule has 0 saturated carbocycles. The van der Waals surface area contributed by atoms with Gasteiger partial charge in [0.1, 0.15) is 17.1 Å². The van der Waals surface area contributed by atoms with Crippen molar-refractivity contribution in [3.05, 3.63) is 56.5 Å². The van der Waals surface area contributed by atoms with E-state index in [2.05, 4.69) is 29.7 Å².